The molecular weight excluding hydrogens is 369 g/mol. The fourth-order valence-electron chi connectivity index (χ4n) is 2.87. The van der Waals surface area contributed by atoms with Crippen molar-refractivity contribution in [3.63, 3.8) is 0 Å². The Morgan fingerprint density at radius 3 is 2.46 bits per heavy atom. The maximum atomic E-state index is 12.8. The van der Waals surface area contributed by atoms with Crippen molar-refractivity contribution >= 4 is 11.6 Å². The zero-order valence-electron chi connectivity index (χ0n) is 15.6. The van der Waals surface area contributed by atoms with Gasteiger partial charge in [0.05, 0.1) is 23.0 Å². The Kier molecular flexibility index (Phi) is 5.22. The van der Waals surface area contributed by atoms with Crippen LogP contribution in [0.15, 0.2) is 48.8 Å². The Labute approximate surface area is 160 Å². The van der Waals surface area contributed by atoms with Crippen LogP contribution < -0.4 is 5.32 Å². The van der Waals surface area contributed by atoms with Gasteiger partial charge >= 0.3 is 6.18 Å². The molecule has 0 saturated carbocycles. The number of carbonyl (C=O) groups is 1. The van der Waals surface area contributed by atoms with E-state index in [1.165, 1.54) is 16.9 Å². The van der Waals surface area contributed by atoms with Gasteiger partial charge < -0.3 is 5.32 Å². The first-order chi connectivity index (χ1) is 13.2. The van der Waals surface area contributed by atoms with Gasteiger partial charge in [-0.25, -0.2) is 9.67 Å². The van der Waals surface area contributed by atoms with E-state index in [2.05, 4.69) is 15.4 Å². The van der Waals surface area contributed by atoms with Gasteiger partial charge in [-0.2, -0.15) is 18.3 Å². The molecule has 0 aliphatic carbocycles. The summed E-state index contributed by atoms with van der Waals surface area (Å²) in [6.45, 7) is 5.67. The SMILES string of the molecule is Cc1cccc(NC(=O)c2cnn(-c3ccc(C(F)(F)F)cn3)c2C(C)C)c1. The van der Waals surface area contributed by atoms with Gasteiger partial charge in [-0.1, -0.05) is 26.0 Å². The van der Waals surface area contributed by atoms with E-state index in [0.29, 0.717) is 16.9 Å². The van der Waals surface area contributed by atoms with Crippen molar-refractivity contribution in [3.05, 3.63) is 71.2 Å². The highest BCUT2D eigenvalue weighted by molar-refractivity contribution is 6.05. The summed E-state index contributed by atoms with van der Waals surface area (Å²) >= 11 is 0. The van der Waals surface area contributed by atoms with E-state index in [1.807, 2.05) is 39.0 Å². The molecule has 0 aliphatic rings. The predicted molar refractivity (Wildman–Crippen MR) is 99.6 cm³/mol. The number of rotatable bonds is 4. The van der Waals surface area contributed by atoms with Crippen molar-refractivity contribution in [3.8, 4) is 5.82 Å². The highest BCUT2D eigenvalue weighted by atomic mass is 19.4. The van der Waals surface area contributed by atoms with Crippen LogP contribution in [0.4, 0.5) is 18.9 Å². The smallest absolute Gasteiger partial charge is 0.322 e. The first-order valence-electron chi connectivity index (χ1n) is 8.66. The lowest BCUT2D eigenvalue weighted by Crippen LogP contribution is -2.16. The molecule has 1 amide bonds. The molecule has 2 heterocycles. The third kappa shape index (κ3) is 4.05. The zero-order chi connectivity index (χ0) is 20.5. The van der Waals surface area contributed by atoms with Crippen molar-refractivity contribution in [1.82, 2.24) is 14.8 Å². The molecule has 1 aromatic carbocycles. The van der Waals surface area contributed by atoms with Crippen LogP contribution in [0.5, 0.6) is 0 Å². The van der Waals surface area contributed by atoms with Crippen molar-refractivity contribution in [2.75, 3.05) is 5.32 Å². The first kappa shape index (κ1) is 19.6. The highest BCUT2D eigenvalue weighted by Crippen LogP contribution is 2.29. The molecule has 0 bridgehead atoms. The summed E-state index contributed by atoms with van der Waals surface area (Å²) in [5.74, 6) is -0.233. The molecule has 2 aromatic heterocycles. The summed E-state index contributed by atoms with van der Waals surface area (Å²) < 4.78 is 39.7. The third-order valence-electron chi connectivity index (χ3n) is 4.17. The number of alkyl halides is 3. The number of hydrogen-bond acceptors (Lipinski definition) is 3. The summed E-state index contributed by atoms with van der Waals surface area (Å²) in [4.78, 5) is 16.6. The Balaban J connectivity index is 1.95. The number of carbonyl (C=O) groups excluding carboxylic acids is 1. The molecule has 0 aliphatic heterocycles. The monoisotopic (exact) mass is 388 g/mol. The number of anilines is 1. The Morgan fingerprint density at radius 2 is 1.89 bits per heavy atom. The molecule has 8 heteroatoms. The Hall–Kier alpha value is -3.16. The van der Waals surface area contributed by atoms with E-state index in [-0.39, 0.29) is 17.6 Å². The number of aromatic nitrogens is 3. The average molecular weight is 388 g/mol. The average Bonchev–Trinajstić information content (AvgIpc) is 3.06. The first-order valence-corrected chi connectivity index (χ1v) is 8.66. The summed E-state index contributed by atoms with van der Waals surface area (Å²) in [5.41, 5.74) is 1.73. The summed E-state index contributed by atoms with van der Waals surface area (Å²) in [6.07, 6.45) is -2.30. The van der Waals surface area contributed by atoms with Gasteiger partial charge in [0.1, 0.15) is 0 Å². The summed E-state index contributed by atoms with van der Waals surface area (Å²) in [5, 5.41) is 7.02. The van der Waals surface area contributed by atoms with Crippen molar-refractivity contribution in [2.45, 2.75) is 32.9 Å². The van der Waals surface area contributed by atoms with E-state index in [0.717, 1.165) is 17.8 Å². The topological polar surface area (TPSA) is 59.8 Å². The molecule has 0 unspecified atom stereocenters. The zero-order valence-corrected chi connectivity index (χ0v) is 15.6. The molecule has 5 nitrogen and oxygen atoms in total. The number of amides is 1. The lowest BCUT2D eigenvalue weighted by molar-refractivity contribution is -0.137. The van der Waals surface area contributed by atoms with Gasteiger partial charge in [0.25, 0.3) is 5.91 Å². The molecule has 0 radical (unpaired) electrons. The second-order valence-corrected chi connectivity index (χ2v) is 6.74. The number of hydrogen-bond donors (Lipinski definition) is 1. The third-order valence-corrected chi connectivity index (χ3v) is 4.17. The maximum absolute atomic E-state index is 12.8. The molecule has 3 aromatic rings. The standard InChI is InChI=1S/C20H19F3N4O/c1-12(2)18-16(19(28)26-15-6-4-5-13(3)9-15)11-25-27(18)17-8-7-14(10-24-17)20(21,22)23/h4-12H,1-3H3,(H,26,28). The van der Waals surface area contributed by atoms with Crippen molar-refractivity contribution in [2.24, 2.45) is 0 Å². The number of pyridine rings is 1. The molecule has 0 atom stereocenters. The van der Waals surface area contributed by atoms with Crippen LogP contribution in [0, 0.1) is 6.92 Å². The molecule has 0 fully saturated rings. The Morgan fingerprint density at radius 1 is 1.14 bits per heavy atom. The Bertz CT molecular complexity index is 991. The summed E-state index contributed by atoms with van der Waals surface area (Å²) in [6, 6.07) is 9.56. The van der Waals surface area contributed by atoms with Crippen LogP contribution in [0.2, 0.25) is 0 Å². The molecular formula is C20H19F3N4O. The van der Waals surface area contributed by atoms with Crippen molar-refractivity contribution < 1.29 is 18.0 Å². The quantitative estimate of drug-likeness (QED) is 0.686. The second-order valence-electron chi connectivity index (χ2n) is 6.74. The van der Waals surface area contributed by atoms with Crippen LogP contribution in [-0.2, 0) is 6.18 Å². The minimum atomic E-state index is -4.46. The normalized spacial score (nSPS) is 11.7. The molecule has 3 rings (SSSR count). The van der Waals surface area contributed by atoms with E-state index < -0.39 is 11.7 Å². The second kappa shape index (κ2) is 7.46. The number of nitrogens with zero attached hydrogens (tertiary/aromatic N) is 3. The van der Waals surface area contributed by atoms with Crippen LogP contribution in [0.1, 0.15) is 46.9 Å². The van der Waals surface area contributed by atoms with Crippen LogP contribution in [-0.4, -0.2) is 20.7 Å². The van der Waals surface area contributed by atoms with E-state index >= 15 is 0 Å². The lowest BCUT2D eigenvalue weighted by Gasteiger charge is -2.13. The summed E-state index contributed by atoms with van der Waals surface area (Å²) in [7, 11) is 0. The minimum absolute atomic E-state index is 0.107. The van der Waals surface area contributed by atoms with Gasteiger partial charge in [0, 0.05) is 11.9 Å². The van der Waals surface area contributed by atoms with Gasteiger partial charge in [-0.15, -0.1) is 0 Å². The molecule has 1 N–H and O–H groups in total. The number of aryl methyl sites for hydroxylation is 1. The molecule has 0 spiro atoms. The van der Waals surface area contributed by atoms with Gasteiger partial charge in [-0.05, 0) is 42.7 Å². The van der Waals surface area contributed by atoms with Gasteiger partial charge in [0.2, 0.25) is 0 Å². The van der Waals surface area contributed by atoms with E-state index in [1.54, 1.807) is 6.07 Å². The van der Waals surface area contributed by atoms with Crippen LogP contribution >= 0.6 is 0 Å². The predicted octanol–water partition coefficient (Wildman–Crippen LogP) is 4.97. The van der Waals surface area contributed by atoms with Crippen LogP contribution in [0.3, 0.4) is 0 Å². The highest BCUT2D eigenvalue weighted by Gasteiger charge is 2.31. The molecule has 28 heavy (non-hydrogen) atoms. The largest absolute Gasteiger partial charge is 0.417 e. The van der Waals surface area contributed by atoms with Gasteiger partial charge in [0.15, 0.2) is 5.82 Å². The van der Waals surface area contributed by atoms with Crippen LogP contribution in [0.25, 0.3) is 5.82 Å². The number of nitrogens with one attached hydrogen (secondary N) is 1. The molecule has 0 saturated heterocycles. The van der Waals surface area contributed by atoms with Crippen molar-refractivity contribution in [1.29, 1.82) is 0 Å². The van der Waals surface area contributed by atoms with E-state index in [4.69, 9.17) is 0 Å². The van der Waals surface area contributed by atoms with E-state index in [9.17, 15) is 18.0 Å². The number of benzene rings is 1. The maximum Gasteiger partial charge on any atom is 0.417 e. The fourth-order valence-corrected chi connectivity index (χ4v) is 2.87. The molecule has 146 valence electrons. The minimum Gasteiger partial charge on any atom is -0.322 e. The fraction of sp³-hybridized carbons (Fsp3) is 0.250. The lowest BCUT2D eigenvalue weighted by atomic mass is 10.1. The van der Waals surface area contributed by atoms with Gasteiger partial charge in [-0.3, -0.25) is 4.79 Å². The number of halogens is 3.